The summed E-state index contributed by atoms with van der Waals surface area (Å²) >= 11 is 5.91. The molecule has 0 atom stereocenters. The van der Waals surface area contributed by atoms with Gasteiger partial charge in [0.25, 0.3) is 0 Å². The molecule has 0 spiro atoms. The number of hydrogen-bond donors (Lipinski definition) is 1. The van der Waals surface area contributed by atoms with Crippen LogP contribution in [-0.2, 0) is 24.1 Å². The number of pyridine rings is 1. The van der Waals surface area contributed by atoms with Gasteiger partial charge in [-0.15, -0.1) is 0 Å². The van der Waals surface area contributed by atoms with Crippen LogP contribution in [0.4, 0.5) is 0 Å². The van der Waals surface area contributed by atoms with Crippen LogP contribution in [0, 0.1) is 0 Å². The zero-order chi connectivity index (χ0) is 21.6. The van der Waals surface area contributed by atoms with Crippen LogP contribution in [0.5, 0.6) is 5.75 Å². The Morgan fingerprint density at radius 1 is 0.903 bits per heavy atom. The SMILES string of the molecule is O=C(O)Cc1cnc(Cc2ccc(OCCc3ccc(Cl)cc3)cc2)c2ccccc12. The third-order valence-electron chi connectivity index (χ3n) is 5.17. The van der Waals surface area contributed by atoms with Gasteiger partial charge in [0, 0.05) is 29.4 Å². The Labute approximate surface area is 186 Å². The standard InChI is InChI=1S/C26H22ClNO3/c27-21-9-5-18(6-10-21)13-14-31-22-11-7-19(8-12-22)15-25-24-4-2-1-3-23(24)20(17-28-25)16-26(29)30/h1-12,17H,13-16H2,(H,29,30). The lowest BCUT2D eigenvalue weighted by Gasteiger charge is -2.11. The highest BCUT2D eigenvalue weighted by atomic mass is 35.5. The number of nitrogens with zero attached hydrogens (tertiary/aromatic N) is 1. The number of aromatic nitrogens is 1. The van der Waals surface area contributed by atoms with Crippen molar-refractivity contribution in [3.05, 3.63) is 106 Å². The fourth-order valence-corrected chi connectivity index (χ4v) is 3.72. The van der Waals surface area contributed by atoms with Crippen LogP contribution < -0.4 is 4.74 Å². The predicted molar refractivity (Wildman–Crippen MR) is 123 cm³/mol. The number of hydrogen-bond acceptors (Lipinski definition) is 3. The van der Waals surface area contributed by atoms with Crippen molar-refractivity contribution < 1.29 is 14.6 Å². The summed E-state index contributed by atoms with van der Waals surface area (Å²) in [5.74, 6) is -0.0290. The van der Waals surface area contributed by atoms with Gasteiger partial charge in [-0.05, 0) is 46.3 Å². The number of benzene rings is 3. The van der Waals surface area contributed by atoms with E-state index < -0.39 is 5.97 Å². The molecule has 3 aromatic carbocycles. The molecule has 0 aliphatic rings. The Bertz CT molecular complexity index is 1190. The number of fused-ring (bicyclic) bond motifs is 1. The highest BCUT2D eigenvalue weighted by Crippen LogP contribution is 2.24. The van der Waals surface area contributed by atoms with E-state index in [-0.39, 0.29) is 6.42 Å². The molecule has 0 unspecified atom stereocenters. The minimum absolute atomic E-state index is 0.0319. The van der Waals surface area contributed by atoms with E-state index in [9.17, 15) is 4.79 Å². The third-order valence-corrected chi connectivity index (χ3v) is 5.42. The van der Waals surface area contributed by atoms with Gasteiger partial charge in [-0.2, -0.15) is 0 Å². The molecular weight excluding hydrogens is 410 g/mol. The van der Waals surface area contributed by atoms with Crippen LogP contribution in [-0.4, -0.2) is 22.7 Å². The van der Waals surface area contributed by atoms with Crippen LogP contribution in [0.2, 0.25) is 5.02 Å². The minimum Gasteiger partial charge on any atom is -0.493 e. The largest absolute Gasteiger partial charge is 0.493 e. The van der Waals surface area contributed by atoms with Crippen molar-refractivity contribution in [3.8, 4) is 5.75 Å². The molecule has 0 aliphatic heterocycles. The lowest BCUT2D eigenvalue weighted by Crippen LogP contribution is -2.04. The number of halogens is 1. The highest BCUT2D eigenvalue weighted by molar-refractivity contribution is 6.30. The Balaban J connectivity index is 1.42. The smallest absolute Gasteiger partial charge is 0.307 e. The molecule has 4 aromatic rings. The molecule has 1 aromatic heterocycles. The van der Waals surface area contributed by atoms with Crippen molar-refractivity contribution in [1.29, 1.82) is 0 Å². The second kappa shape index (κ2) is 9.63. The molecule has 4 rings (SSSR count). The van der Waals surface area contributed by atoms with Gasteiger partial charge in [-0.25, -0.2) is 0 Å². The maximum atomic E-state index is 11.1. The minimum atomic E-state index is -0.855. The van der Waals surface area contributed by atoms with E-state index >= 15 is 0 Å². The van der Waals surface area contributed by atoms with Crippen molar-refractivity contribution in [2.45, 2.75) is 19.3 Å². The predicted octanol–water partition coefficient (Wildman–Crippen LogP) is 5.73. The number of carbonyl (C=O) groups is 1. The summed E-state index contributed by atoms with van der Waals surface area (Å²) in [5, 5.41) is 11.8. The zero-order valence-electron chi connectivity index (χ0n) is 16.9. The van der Waals surface area contributed by atoms with Crippen molar-refractivity contribution in [1.82, 2.24) is 4.98 Å². The maximum Gasteiger partial charge on any atom is 0.307 e. The summed E-state index contributed by atoms with van der Waals surface area (Å²) in [6.07, 6.45) is 3.13. The normalized spacial score (nSPS) is 10.9. The second-order valence-electron chi connectivity index (χ2n) is 7.39. The topological polar surface area (TPSA) is 59.4 Å². The van der Waals surface area contributed by atoms with Crippen LogP contribution in [0.25, 0.3) is 10.8 Å². The van der Waals surface area contributed by atoms with Gasteiger partial charge in [-0.1, -0.05) is 60.1 Å². The Hall–Kier alpha value is -3.37. The van der Waals surface area contributed by atoms with Gasteiger partial charge >= 0.3 is 5.97 Å². The Morgan fingerprint density at radius 2 is 1.58 bits per heavy atom. The first kappa shape index (κ1) is 20.9. The molecule has 0 bridgehead atoms. The number of carboxylic acid groups (broad SMARTS) is 1. The van der Waals surface area contributed by atoms with Crippen molar-refractivity contribution in [2.75, 3.05) is 6.61 Å². The first-order valence-corrected chi connectivity index (χ1v) is 10.5. The fraction of sp³-hybridized carbons (Fsp3) is 0.154. The molecule has 0 fully saturated rings. The van der Waals surface area contributed by atoms with E-state index in [0.29, 0.717) is 13.0 Å². The molecule has 5 heteroatoms. The Morgan fingerprint density at radius 3 is 2.29 bits per heavy atom. The summed E-state index contributed by atoms with van der Waals surface area (Å²) in [6.45, 7) is 0.595. The molecule has 4 nitrogen and oxygen atoms in total. The maximum absolute atomic E-state index is 11.1. The molecule has 0 saturated carbocycles. The van der Waals surface area contributed by atoms with Gasteiger partial charge in [0.2, 0.25) is 0 Å². The molecule has 1 N–H and O–H groups in total. The molecule has 0 aliphatic carbocycles. The molecule has 0 saturated heterocycles. The van der Waals surface area contributed by atoms with E-state index in [1.165, 1.54) is 5.56 Å². The van der Waals surface area contributed by atoms with Gasteiger partial charge in [-0.3, -0.25) is 9.78 Å². The lowest BCUT2D eigenvalue weighted by atomic mass is 9.99. The third kappa shape index (κ3) is 5.41. The molecule has 31 heavy (non-hydrogen) atoms. The molecule has 0 radical (unpaired) electrons. The quantitative estimate of drug-likeness (QED) is 0.387. The fourth-order valence-electron chi connectivity index (χ4n) is 3.59. The van der Waals surface area contributed by atoms with Crippen molar-refractivity contribution in [3.63, 3.8) is 0 Å². The van der Waals surface area contributed by atoms with Gasteiger partial charge < -0.3 is 9.84 Å². The molecule has 156 valence electrons. The molecular formula is C26H22ClNO3. The summed E-state index contributed by atoms with van der Waals surface area (Å²) in [4.78, 5) is 15.7. The van der Waals surface area contributed by atoms with Crippen LogP contribution in [0.3, 0.4) is 0 Å². The zero-order valence-corrected chi connectivity index (χ0v) is 17.7. The second-order valence-corrected chi connectivity index (χ2v) is 7.83. The number of aliphatic carboxylic acids is 1. The van der Waals surface area contributed by atoms with E-state index in [0.717, 1.165) is 44.8 Å². The van der Waals surface area contributed by atoms with E-state index in [2.05, 4.69) is 4.98 Å². The van der Waals surface area contributed by atoms with Crippen LogP contribution in [0.1, 0.15) is 22.4 Å². The summed E-state index contributed by atoms with van der Waals surface area (Å²) in [5.41, 5.74) is 3.97. The van der Waals surface area contributed by atoms with E-state index in [1.807, 2.05) is 72.8 Å². The van der Waals surface area contributed by atoms with Gasteiger partial charge in [0.05, 0.1) is 18.7 Å². The van der Waals surface area contributed by atoms with E-state index in [1.54, 1.807) is 6.20 Å². The van der Waals surface area contributed by atoms with Crippen molar-refractivity contribution in [2.24, 2.45) is 0 Å². The number of ether oxygens (including phenoxy) is 1. The van der Waals surface area contributed by atoms with Gasteiger partial charge in [0.1, 0.15) is 5.75 Å². The number of rotatable bonds is 8. The van der Waals surface area contributed by atoms with Crippen molar-refractivity contribution >= 4 is 28.3 Å². The first-order valence-electron chi connectivity index (χ1n) is 10.1. The van der Waals surface area contributed by atoms with Gasteiger partial charge in [0.15, 0.2) is 0 Å². The number of carboxylic acids is 1. The Kier molecular flexibility index (Phi) is 6.48. The average molecular weight is 432 g/mol. The van der Waals surface area contributed by atoms with Crippen LogP contribution >= 0.6 is 11.6 Å². The lowest BCUT2D eigenvalue weighted by molar-refractivity contribution is -0.136. The first-order chi connectivity index (χ1) is 15.1. The summed E-state index contributed by atoms with van der Waals surface area (Å²) < 4.78 is 5.86. The molecule has 0 amide bonds. The monoisotopic (exact) mass is 431 g/mol. The molecule has 1 heterocycles. The van der Waals surface area contributed by atoms with Crippen LogP contribution in [0.15, 0.2) is 79.0 Å². The van der Waals surface area contributed by atoms with E-state index in [4.69, 9.17) is 21.4 Å². The summed E-state index contributed by atoms with van der Waals surface area (Å²) in [6, 6.07) is 23.6. The average Bonchev–Trinajstić information content (AvgIpc) is 2.78. The summed E-state index contributed by atoms with van der Waals surface area (Å²) in [7, 11) is 0. The highest BCUT2D eigenvalue weighted by Gasteiger charge is 2.10.